The molecule has 1 heterocycles. The van der Waals surface area contributed by atoms with Crippen molar-refractivity contribution in [3.8, 4) is 0 Å². The fraction of sp³-hybridized carbons (Fsp3) is 0.231. The summed E-state index contributed by atoms with van der Waals surface area (Å²) in [6.45, 7) is 3.87. The van der Waals surface area contributed by atoms with Crippen molar-refractivity contribution in [2.75, 3.05) is 38.2 Å². The predicted molar refractivity (Wildman–Crippen MR) is 125 cm³/mol. The fourth-order valence-corrected chi connectivity index (χ4v) is 3.70. The van der Waals surface area contributed by atoms with E-state index < -0.39 is 0 Å². The Balaban J connectivity index is 1.41. The summed E-state index contributed by atoms with van der Waals surface area (Å²) in [6.07, 6.45) is 0. The Kier molecular flexibility index (Phi) is 7.27. The highest BCUT2D eigenvalue weighted by atomic mass is 16.5. The molecule has 0 aromatic heterocycles. The van der Waals surface area contributed by atoms with Gasteiger partial charge in [-0.05, 0) is 42.0 Å². The third kappa shape index (κ3) is 5.81. The zero-order chi connectivity index (χ0) is 22.2. The van der Waals surface area contributed by atoms with Crippen LogP contribution in [0, 0.1) is 0 Å². The van der Waals surface area contributed by atoms with Gasteiger partial charge in [-0.2, -0.15) is 0 Å². The molecule has 0 saturated carbocycles. The van der Waals surface area contributed by atoms with Crippen molar-refractivity contribution in [3.63, 3.8) is 0 Å². The monoisotopic (exact) mass is 429 g/mol. The highest BCUT2D eigenvalue weighted by Crippen LogP contribution is 2.17. The molecule has 1 saturated heterocycles. The Morgan fingerprint density at radius 1 is 0.781 bits per heavy atom. The average Bonchev–Trinajstić information content (AvgIpc) is 2.86. The van der Waals surface area contributed by atoms with Gasteiger partial charge in [0, 0.05) is 36.4 Å². The van der Waals surface area contributed by atoms with Crippen LogP contribution in [0.3, 0.4) is 0 Å². The number of benzene rings is 3. The number of nitrogens with zero attached hydrogens (tertiary/aromatic N) is 1. The lowest BCUT2D eigenvalue weighted by atomic mass is 10.1. The van der Waals surface area contributed by atoms with E-state index in [4.69, 9.17) is 4.74 Å². The second-order valence-electron chi connectivity index (χ2n) is 7.75. The van der Waals surface area contributed by atoms with E-state index in [0.29, 0.717) is 30.0 Å². The minimum atomic E-state index is -0.183. The molecule has 1 aliphatic heterocycles. The fourth-order valence-electron chi connectivity index (χ4n) is 3.70. The summed E-state index contributed by atoms with van der Waals surface area (Å²) in [5.41, 5.74) is 2.84. The quantitative estimate of drug-likeness (QED) is 0.600. The summed E-state index contributed by atoms with van der Waals surface area (Å²) in [4.78, 5) is 27.6. The van der Waals surface area contributed by atoms with Gasteiger partial charge in [-0.1, -0.05) is 48.5 Å². The maximum absolute atomic E-state index is 13.0. The largest absolute Gasteiger partial charge is 0.379 e. The van der Waals surface area contributed by atoms with Crippen molar-refractivity contribution in [2.24, 2.45) is 0 Å². The number of nitrogens with one attached hydrogen (secondary N) is 2. The summed E-state index contributed by atoms with van der Waals surface area (Å²) in [5, 5.41) is 6.03. The van der Waals surface area contributed by atoms with Crippen LogP contribution in [0.5, 0.6) is 0 Å². The van der Waals surface area contributed by atoms with E-state index in [2.05, 4.69) is 15.5 Å². The van der Waals surface area contributed by atoms with E-state index in [9.17, 15) is 9.59 Å². The van der Waals surface area contributed by atoms with Crippen LogP contribution < -0.4 is 10.6 Å². The molecule has 2 N–H and O–H groups in total. The normalized spacial score (nSPS) is 15.0. The second kappa shape index (κ2) is 10.7. The van der Waals surface area contributed by atoms with Crippen LogP contribution in [-0.2, 0) is 4.74 Å². The van der Waals surface area contributed by atoms with Crippen LogP contribution in [-0.4, -0.2) is 49.6 Å². The van der Waals surface area contributed by atoms with E-state index in [1.807, 2.05) is 48.5 Å². The van der Waals surface area contributed by atoms with Gasteiger partial charge in [0.2, 0.25) is 0 Å². The van der Waals surface area contributed by atoms with Crippen LogP contribution in [0.4, 0.5) is 5.69 Å². The SMILES string of the molecule is O=C(Nc1ccc(C(=O)NC(CN2CCOCC2)c2ccccc2)cc1)c1ccccc1. The number of ether oxygens (including phenoxy) is 1. The maximum Gasteiger partial charge on any atom is 0.255 e. The minimum absolute atomic E-state index is 0.126. The first-order chi connectivity index (χ1) is 15.7. The van der Waals surface area contributed by atoms with Gasteiger partial charge >= 0.3 is 0 Å². The molecule has 3 aromatic carbocycles. The maximum atomic E-state index is 13.0. The second-order valence-corrected chi connectivity index (χ2v) is 7.75. The molecule has 4 rings (SSSR count). The molecule has 0 aliphatic carbocycles. The molecule has 0 spiro atoms. The van der Waals surface area contributed by atoms with Crippen molar-refractivity contribution in [1.82, 2.24) is 10.2 Å². The zero-order valence-corrected chi connectivity index (χ0v) is 17.9. The lowest BCUT2D eigenvalue weighted by Crippen LogP contribution is -2.43. The molecule has 2 amide bonds. The van der Waals surface area contributed by atoms with Crippen molar-refractivity contribution < 1.29 is 14.3 Å². The van der Waals surface area contributed by atoms with Crippen molar-refractivity contribution in [2.45, 2.75) is 6.04 Å². The number of carbonyl (C=O) groups excluding carboxylic acids is 2. The summed E-state index contributed by atoms with van der Waals surface area (Å²) in [5.74, 6) is -0.328. The average molecular weight is 430 g/mol. The third-order valence-corrected chi connectivity index (χ3v) is 5.49. The molecule has 6 heteroatoms. The van der Waals surface area contributed by atoms with Gasteiger partial charge in [-0.3, -0.25) is 14.5 Å². The van der Waals surface area contributed by atoms with Crippen molar-refractivity contribution >= 4 is 17.5 Å². The minimum Gasteiger partial charge on any atom is -0.379 e. The number of morpholine rings is 1. The highest BCUT2D eigenvalue weighted by Gasteiger charge is 2.20. The molecule has 1 unspecified atom stereocenters. The van der Waals surface area contributed by atoms with Crippen molar-refractivity contribution in [1.29, 1.82) is 0 Å². The van der Waals surface area contributed by atoms with E-state index in [-0.39, 0.29) is 17.9 Å². The molecule has 32 heavy (non-hydrogen) atoms. The van der Waals surface area contributed by atoms with Crippen molar-refractivity contribution in [3.05, 3.63) is 102 Å². The lowest BCUT2D eigenvalue weighted by molar-refractivity contribution is 0.0332. The van der Waals surface area contributed by atoms with Gasteiger partial charge in [0.05, 0.1) is 19.3 Å². The molecule has 3 aromatic rings. The van der Waals surface area contributed by atoms with E-state index >= 15 is 0 Å². The van der Waals surface area contributed by atoms with E-state index in [1.54, 1.807) is 36.4 Å². The van der Waals surface area contributed by atoms with Crippen LogP contribution in [0.25, 0.3) is 0 Å². The van der Waals surface area contributed by atoms with Gasteiger partial charge in [0.15, 0.2) is 0 Å². The molecular formula is C26H27N3O3. The number of amides is 2. The number of carbonyl (C=O) groups is 2. The van der Waals surface area contributed by atoms with Crippen LogP contribution in [0.2, 0.25) is 0 Å². The van der Waals surface area contributed by atoms with Gasteiger partial charge in [-0.15, -0.1) is 0 Å². The molecule has 6 nitrogen and oxygen atoms in total. The summed E-state index contributed by atoms with van der Waals surface area (Å²) in [6, 6.07) is 25.9. The first-order valence-corrected chi connectivity index (χ1v) is 10.8. The Labute approximate surface area is 188 Å². The number of anilines is 1. The molecule has 0 radical (unpaired) electrons. The number of hydrogen-bond donors (Lipinski definition) is 2. The molecule has 0 bridgehead atoms. The van der Waals surface area contributed by atoms with E-state index in [0.717, 1.165) is 25.2 Å². The Morgan fingerprint density at radius 2 is 1.38 bits per heavy atom. The lowest BCUT2D eigenvalue weighted by Gasteiger charge is -2.31. The predicted octanol–water partition coefficient (Wildman–Crippen LogP) is 3.74. The smallest absolute Gasteiger partial charge is 0.255 e. The standard InChI is InChI=1S/C26H27N3O3/c30-25(21-9-5-2-6-10-21)27-23-13-11-22(12-14-23)26(31)28-24(20-7-3-1-4-8-20)19-29-15-17-32-18-16-29/h1-14,24H,15-19H2,(H,27,30)(H,28,31). The summed E-state index contributed by atoms with van der Waals surface area (Å²) in [7, 11) is 0. The molecule has 1 aliphatic rings. The summed E-state index contributed by atoms with van der Waals surface area (Å²) >= 11 is 0. The Bertz CT molecular complexity index is 1020. The van der Waals surface area contributed by atoms with Gasteiger partial charge < -0.3 is 15.4 Å². The third-order valence-electron chi connectivity index (χ3n) is 5.49. The number of hydrogen-bond acceptors (Lipinski definition) is 4. The zero-order valence-electron chi connectivity index (χ0n) is 17.9. The van der Waals surface area contributed by atoms with Crippen LogP contribution in [0.1, 0.15) is 32.3 Å². The Hall–Kier alpha value is -3.48. The first kappa shape index (κ1) is 21.7. The summed E-state index contributed by atoms with van der Waals surface area (Å²) < 4.78 is 5.45. The highest BCUT2D eigenvalue weighted by molar-refractivity contribution is 6.04. The molecule has 1 atom stereocenters. The number of rotatable bonds is 7. The first-order valence-electron chi connectivity index (χ1n) is 10.8. The molecule has 164 valence electrons. The molecular weight excluding hydrogens is 402 g/mol. The van der Waals surface area contributed by atoms with Crippen LogP contribution >= 0.6 is 0 Å². The van der Waals surface area contributed by atoms with E-state index in [1.165, 1.54) is 0 Å². The van der Waals surface area contributed by atoms with Crippen LogP contribution in [0.15, 0.2) is 84.9 Å². The molecule has 1 fully saturated rings. The Morgan fingerprint density at radius 3 is 2.03 bits per heavy atom. The topological polar surface area (TPSA) is 70.7 Å². The van der Waals surface area contributed by atoms with Gasteiger partial charge in [0.25, 0.3) is 11.8 Å². The van der Waals surface area contributed by atoms with Gasteiger partial charge in [0.1, 0.15) is 0 Å². The van der Waals surface area contributed by atoms with Gasteiger partial charge in [-0.25, -0.2) is 0 Å².